The maximum atomic E-state index is 12.7. The van der Waals surface area contributed by atoms with Crippen molar-refractivity contribution in [1.29, 1.82) is 0 Å². The summed E-state index contributed by atoms with van der Waals surface area (Å²) in [4.78, 5) is 37.5. The average molecular weight is 339 g/mol. The van der Waals surface area contributed by atoms with Crippen LogP contribution in [0.1, 0.15) is 58.4 Å². The highest BCUT2D eigenvalue weighted by Gasteiger charge is 2.36. The van der Waals surface area contributed by atoms with Crippen LogP contribution in [0, 0.1) is 0 Å². The largest absolute Gasteiger partial charge is 0.382 e. The number of ketones is 3. The molecule has 1 aromatic rings. The van der Waals surface area contributed by atoms with E-state index in [2.05, 4.69) is 0 Å². The van der Waals surface area contributed by atoms with E-state index in [0.29, 0.717) is 6.61 Å². The molecule has 134 valence electrons. The summed E-state index contributed by atoms with van der Waals surface area (Å²) in [5.41, 5.74) is -1.55. The highest BCUT2D eigenvalue weighted by atomic mass is 16.5. The van der Waals surface area contributed by atoms with Crippen LogP contribution in [0.4, 0.5) is 0 Å². The first-order valence-corrected chi connectivity index (χ1v) is 7.80. The molecule has 0 radical (unpaired) electrons. The lowest BCUT2D eigenvalue weighted by Crippen LogP contribution is -2.36. The lowest BCUT2D eigenvalue weighted by molar-refractivity contribution is 0.0379. The van der Waals surface area contributed by atoms with Gasteiger partial charge in [-0.3, -0.25) is 14.4 Å². The summed E-state index contributed by atoms with van der Waals surface area (Å²) in [6.45, 7) is 4.66. The number of rotatable bonds is 10. The van der Waals surface area contributed by atoms with Crippen molar-refractivity contribution in [1.82, 2.24) is 4.57 Å². The Labute approximate surface area is 141 Å². The molecule has 0 aliphatic rings. The van der Waals surface area contributed by atoms with Gasteiger partial charge in [-0.25, -0.2) is 0 Å². The second kappa shape index (κ2) is 8.32. The van der Waals surface area contributed by atoms with E-state index in [1.54, 1.807) is 20.9 Å². The van der Waals surface area contributed by atoms with Gasteiger partial charge in [-0.05, 0) is 20.3 Å². The van der Waals surface area contributed by atoms with Crippen molar-refractivity contribution in [2.45, 2.75) is 32.8 Å². The Morgan fingerprint density at radius 2 is 1.83 bits per heavy atom. The van der Waals surface area contributed by atoms with Crippen LogP contribution >= 0.6 is 0 Å². The van der Waals surface area contributed by atoms with E-state index < -0.39 is 23.0 Å². The van der Waals surface area contributed by atoms with Crippen LogP contribution in [0.2, 0.25) is 0 Å². The van der Waals surface area contributed by atoms with Gasteiger partial charge in [0, 0.05) is 32.5 Å². The van der Waals surface area contributed by atoms with Gasteiger partial charge in [0.2, 0.25) is 5.78 Å². The number of aryl methyl sites for hydroxylation is 1. The predicted octanol–water partition coefficient (Wildman–Crippen LogP) is 1.42. The van der Waals surface area contributed by atoms with Crippen LogP contribution in [0.3, 0.4) is 0 Å². The summed E-state index contributed by atoms with van der Waals surface area (Å²) >= 11 is 0. The van der Waals surface area contributed by atoms with Crippen LogP contribution < -0.4 is 0 Å². The molecule has 24 heavy (non-hydrogen) atoms. The Hall–Kier alpha value is -1.83. The zero-order chi connectivity index (χ0) is 18.5. The Morgan fingerprint density at radius 1 is 1.21 bits per heavy atom. The van der Waals surface area contributed by atoms with Crippen LogP contribution in [-0.2, 0) is 16.5 Å². The fourth-order valence-electron chi connectivity index (χ4n) is 2.29. The Bertz CT molecular complexity index is 629. The van der Waals surface area contributed by atoms with Gasteiger partial charge < -0.3 is 19.1 Å². The number of methoxy groups -OCH3 is 1. The third-order valence-electron chi connectivity index (χ3n) is 3.87. The van der Waals surface area contributed by atoms with E-state index in [0.717, 1.165) is 0 Å². The fourth-order valence-corrected chi connectivity index (χ4v) is 2.29. The molecule has 1 rings (SSSR count). The van der Waals surface area contributed by atoms with Gasteiger partial charge in [0.15, 0.2) is 11.6 Å². The molecular formula is C17H25NO6. The van der Waals surface area contributed by atoms with Crippen LogP contribution in [0.15, 0.2) is 6.20 Å². The number of nitrogens with zero attached hydrogens (tertiary/aromatic N) is 1. The van der Waals surface area contributed by atoms with Gasteiger partial charge in [0.1, 0.15) is 18.8 Å². The molecule has 0 aromatic carbocycles. The lowest BCUT2D eigenvalue weighted by atomic mass is 9.91. The van der Waals surface area contributed by atoms with Crippen molar-refractivity contribution < 1.29 is 29.0 Å². The molecule has 0 fully saturated rings. The molecule has 0 aliphatic carbocycles. The number of aliphatic hydroxyl groups is 1. The van der Waals surface area contributed by atoms with Crippen molar-refractivity contribution in [3.05, 3.63) is 23.0 Å². The van der Waals surface area contributed by atoms with Gasteiger partial charge in [0.25, 0.3) is 0 Å². The maximum Gasteiger partial charge on any atom is 0.211 e. The van der Waals surface area contributed by atoms with Crippen LogP contribution in [0.25, 0.3) is 0 Å². The molecule has 0 saturated heterocycles. The molecule has 7 nitrogen and oxygen atoms in total. The fraction of sp³-hybridized carbons (Fsp3) is 0.588. The monoisotopic (exact) mass is 339 g/mol. The summed E-state index contributed by atoms with van der Waals surface area (Å²) in [5.74, 6) is -1.50. The van der Waals surface area contributed by atoms with Crippen molar-refractivity contribution in [2.24, 2.45) is 7.05 Å². The predicted molar refractivity (Wildman–Crippen MR) is 87.7 cm³/mol. The van der Waals surface area contributed by atoms with Crippen molar-refractivity contribution >= 4 is 17.3 Å². The zero-order valence-corrected chi connectivity index (χ0v) is 14.8. The molecule has 0 bridgehead atoms. The van der Waals surface area contributed by atoms with Crippen molar-refractivity contribution in [2.75, 3.05) is 26.9 Å². The Morgan fingerprint density at radius 3 is 2.33 bits per heavy atom. The number of ether oxygens (including phenoxy) is 2. The van der Waals surface area contributed by atoms with Crippen molar-refractivity contribution in [3.8, 4) is 0 Å². The van der Waals surface area contributed by atoms with E-state index in [1.807, 2.05) is 0 Å². The van der Waals surface area contributed by atoms with E-state index in [9.17, 15) is 19.5 Å². The summed E-state index contributed by atoms with van der Waals surface area (Å²) in [6, 6.07) is 0. The van der Waals surface area contributed by atoms with E-state index in [4.69, 9.17) is 9.47 Å². The number of hydrogen-bond donors (Lipinski definition) is 1. The molecule has 7 heteroatoms. The highest BCUT2D eigenvalue weighted by molar-refractivity contribution is 6.17. The minimum absolute atomic E-state index is 0.00556. The smallest absolute Gasteiger partial charge is 0.211 e. The first-order valence-electron chi connectivity index (χ1n) is 7.80. The maximum absolute atomic E-state index is 12.7. The average Bonchev–Trinajstić information content (AvgIpc) is 2.89. The van der Waals surface area contributed by atoms with Gasteiger partial charge in [-0.15, -0.1) is 0 Å². The molecule has 0 saturated carbocycles. The Kier molecular flexibility index (Phi) is 7.01. The molecule has 1 unspecified atom stereocenters. The van der Waals surface area contributed by atoms with Crippen LogP contribution in [0.5, 0.6) is 0 Å². The quantitative estimate of drug-likeness (QED) is 0.648. The molecule has 0 spiro atoms. The third-order valence-corrected chi connectivity index (χ3v) is 3.87. The van der Waals surface area contributed by atoms with Gasteiger partial charge in [-0.1, -0.05) is 6.92 Å². The topological polar surface area (TPSA) is 94.8 Å². The van der Waals surface area contributed by atoms with Crippen molar-refractivity contribution in [3.63, 3.8) is 0 Å². The Balaban J connectivity index is 3.49. The summed E-state index contributed by atoms with van der Waals surface area (Å²) in [6.07, 6.45) is 1.59. The molecule has 1 heterocycles. The van der Waals surface area contributed by atoms with E-state index >= 15 is 0 Å². The van der Waals surface area contributed by atoms with Gasteiger partial charge in [-0.2, -0.15) is 0 Å². The molecule has 0 amide bonds. The zero-order valence-electron chi connectivity index (χ0n) is 14.8. The minimum atomic E-state index is -1.63. The summed E-state index contributed by atoms with van der Waals surface area (Å²) in [7, 11) is 2.93. The number of aromatic nitrogens is 1. The summed E-state index contributed by atoms with van der Waals surface area (Å²) in [5, 5.41) is 10.3. The number of carbonyl (C=O) groups excluding carboxylic acids is 3. The second-order valence-corrected chi connectivity index (χ2v) is 5.75. The first-order chi connectivity index (χ1) is 11.2. The molecule has 0 aliphatic heterocycles. The highest BCUT2D eigenvalue weighted by Crippen LogP contribution is 2.25. The van der Waals surface area contributed by atoms with E-state index in [-0.39, 0.29) is 36.5 Å². The van der Waals surface area contributed by atoms with Crippen LogP contribution in [-0.4, -0.2) is 59.6 Å². The number of Topliss-reactive ketones (excluding diaryl/α,β-unsaturated/α-hetero) is 3. The molecule has 1 atom stereocenters. The number of carbonyl (C=O) groups is 3. The van der Waals surface area contributed by atoms with Gasteiger partial charge >= 0.3 is 0 Å². The standard InChI is InChI=1S/C17H25NO6/c1-6-17(3,22)16(21)15-14(13(20)10-24-7-2)11(8-18(15)4)12(19)9-23-5/h8,22H,6-7,9-10H2,1-5H3. The molecular weight excluding hydrogens is 314 g/mol. The summed E-state index contributed by atoms with van der Waals surface area (Å²) < 4.78 is 11.4. The van der Waals surface area contributed by atoms with Gasteiger partial charge in [0.05, 0.1) is 11.3 Å². The molecule has 1 aromatic heterocycles. The van der Waals surface area contributed by atoms with E-state index in [1.165, 1.54) is 24.8 Å². The minimum Gasteiger partial charge on any atom is -0.382 e. The SMILES string of the molecule is CCOCC(=O)c1c(C(=O)COC)cn(C)c1C(=O)C(C)(O)CC. The first kappa shape index (κ1) is 20.2. The molecule has 1 N–H and O–H groups in total. The third kappa shape index (κ3) is 4.17. The lowest BCUT2D eigenvalue weighted by Gasteiger charge is -2.20. The normalized spacial score (nSPS) is 13.6. The number of hydrogen-bond acceptors (Lipinski definition) is 6. The second-order valence-electron chi connectivity index (χ2n) is 5.75.